The number of aliphatic hydroxyl groups excluding tert-OH is 1. The maximum atomic E-state index is 11.7. The number of nitrogens with zero attached hydrogens (tertiary/aromatic N) is 2. The van der Waals surface area contributed by atoms with Gasteiger partial charge in [0, 0.05) is 32.0 Å². The Hall–Kier alpha value is -1.24. The highest BCUT2D eigenvalue weighted by molar-refractivity contribution is 5.01. The summed E-state index contributed by atoms with van der Waals surface area (Å²) in [6.07, 6.45) is -0.622. The molecule has 1 aromatic heterocycles. The normalized spacial score (nSPS) is 12.7. The minimum atomic E-state index is -0.622. The molecule has 0 saturated carbocycles. The van der Waals surface area contributed by atoms with Crippen molar-refractivity contribution >= 4 is 0 Å². The summed E-state index contributed by atoms with van der Waals surface area (Å²) in [5.41, 5.74) is 0.567. The zero-order valence-electron chi connectivity index (χ0n) is 11.1. The molecular formula is C12H21N3O3. The maximum Gasteiger partial charge on any atom is 0.253 e. The van der Waals surface area contributed by atoms with Gasteiger partial charge in [0.05, 0.1) is 19.3 Å². The smallest absolute Gasteiger partial charge is 0.253 e. The number of rotatable bonds is 7. The Kier molecular flexibility index (Phi) is 5.97. The third-order valence-corrected chi connectivity index (χ3v) is 2.58. The Morgan fingerprint density at radius 2 is 2.28 bits per heavy atom. The first kappa shape index (κ1) is 14.8. The van der Waals surface area contributed by atoms with Gasteiger partial charge in [0.1, 0.15) is 5.82 Å². The van der Waals surface area contributed by atoms with Gasteiger partial charge >= 0.3 is 0 Å². The summed E-state index contributed by atoms with van der Waals surface area (Å²) in [5.74, 6) is 0.621. The number of aryl methyl sites for hydroxylation is 2. The second kappa shape index (κ2) is 7.25. The molecule has 1 atom stereocenters. The molecule has 6 nitrogen and oxygen atoms in total. The van der Waals surface area contributed by atoms with Crippen LogP contribution in [0.25, 0.3) is 0 Å². The lowest BCUT2D eigenvalue weighted by molar-refractivity contribution is 0.141. The van der Waals surface area contributed by atoms with Crippen molar-refractivity contribution in [3.8, 4) is 0 Å². The fourth-order valence-corrected chi connectivity index (χ4v) is 1.70. The van der Waals surface area contributed by atoms with Crippen LogP contribution in [-0.4, -0.2) is 47.6 Å². The monoisotopic (exact) mass is 255 g/mol. The summed E-state index contributed by atoms with van der Waals surface area (Å²) >= 11 is 0. The van der Waals surface area contributed by atoms with E-state index in [-0.39, 0.29) is 12.1 Å². The van der Waals surface area contributed by atoms with Gasteiger partial charge in [-0.25, -0.2) is 4.98 Å². The highest BCUT2D eigenvalue weighted by Crippen LogP contribution is 1.95. The largest absolute Gasteiger partial charge is 0.390 e. The number of aromatic nitrogens is 2. The summed E-state index contributed by atoms with van der Waals surface area (Å²) in [7, 11) is 1.62. The van der Waals surface area contributed by atoms with E-state index in [4.69, 9.17) is 4.74 Å². The third-order valence-electron chi connectivity index (χ3n) is 2.58. The molecule has 0 fully saturated rings. The predicted octanol–water partition coefficient (Wildman–Crippen LogP) is -0.543. The van der Waals surface area contributed by atoms with E-state index in [1.165, 1.54) is 10.6 Å². The van der Waals surface area contributed by atoms with Gasteiger partial charge in [-0.05, 0) is 13.8 Å². The third kappa shape index (κ3) is 4.56. The Morgan fingerprint density at radius 3 is 2.89 bits per heavy atom. The van der Waals surface area contributed by atoms with Crippen molar-refractivity contribution in [1.29, 1.82) is 0 Å². The number of ether oxygens (including phenoxy) is 1. The summed E-state index contributed by atoms with van der Waals surface area (Å²) in [4.78, 5) is 16.0. The van der Waals surface area contributed by atoms with Crippen LogP contribution in [-0.2, 0) is 11.3 Å². The van der Waals surface area contributed by atoms with Gasteiger partial charge in [-0.1, -0.05) is 0 Å². The fraction of sp³-hybridized carbons (Fsp3) is 0.667. The van der Waals surface area contributed by atoms with Crippen LogP contribution in [0.15, 0.2) is 10.9 Å². The molecule has 0 aliphatic carbocycles. The van der Waals surface area contributed by atoms with Gasteiger partial charge in [-0.15, -0.1) is 0 Å². The minimum Gasteiger partial charge on any atom is -0.390 e. The Bertz CT molecular complexity index is 431. The van der Waals surface area contributed by atoms with E-state index in [1.807, 2.05) is 0 Å². The molecule has 18 heavy (non-hydrogen) atoms. The fourth-order valence-electron chi connectivity index (χ4n) is 1.70. The van der Waals surface area contributed by atoms with Crippen LogP contribution in [0.3, 0.4) is 0 Å². The van der Waals surface area contributed by atoms with Crippen molar-refractivity contribution in [1.82, 2.24) is 14.9 Å². The number of nitrogens with one attached hydrogen (secondary N) is 1. The lowest BCUT2D eigenvalue weighted by Gasteiger charge is -2.15. The molecule has 1 aromatic rings. The Balaban J connectivity index is 2.54. The molecule has 1 heterocycles. The summed E-state index contributed by atoms with van der Waals surface area (Å²) in [6, 6.07) is 1.47. The first-order chi connectivity index (χ1) is 8.54. The van der Waals surface area contributed by atoms with E-state index < -0.39 is 6.10 Å². The van der Waals surface area contributed by atoms with Gasteiger partial charge in [-0.2, -0.15) is 0 Å². The maximum absolute atomic E-state index is 11.7. The molecule has 0 saturated heterocycles. The summed E-state index contributed by atoms with van der Waals surface area (Å²) in [5, 5.41) is 12.9. The number of aliphatic hydroxyl groups is 1. The van der Waals surface area contributed by atoms with E-state index >= 15 is 0 Å². The molecule has 0 amide bonds. The Morgan fingerprint density at radius 1 is 1.56 bits per heavy atom. The number of hydrogen-bond acceptors (Lipinski definition) is 5. The average molecular weight is 255 g/mol. The molecule has 102 valence electrons. The van der Waals surface area contributed by atoms with Crippen molar-refractivity contribution in [3.05, 3.63) is 27.9 Å². The van der Waals surface area contributed by atoms with Gasteiger partial charge in [0.2, 0.25) is 0 Å². The first-order valence-electron chi connectivity index (χ1n) is 5.97. The summed E-state index contributed by atoms with van der Waals surface area (Å²) < 4.78 is 6.37. The first-order valence-corrected chi connectivity index (χ1v) is 5.97. The molecule has 0 spiro atoms. The Labute approximate surface area is 107 Å². The van der Waals surface area contributed by atoms with Crippen molar-refractivity contribution < 1.29 is 9.84 Å². The predicted molar refractivity (Wildman–Crippen MR) is 68.7 cm³/mol. The zero-order valence-corrected chi connectivity index (χ0v) is 11.1. The topological polar surface area (TPSA) is 76.4 Å². The molecule has 6 heteroatoms. The highest BCUT2D eigenvalue weighted by atomic mass is 16.5. The van der Waals surface area contributed by atoms with Crippen molar-refractivity contribution in [2.75, 3.05) is 26.8 Å². The van der Waals surface area contributed by atoms with Crippen LogP contribution in [0.1, 0.15) is 11.5 Å². The van der Waals surface area contributed by atoms with E-state index in [1.54, 1.807) is 21.0 Å². The SMILES string of the molecule is COCCNCC(O)Cn1c(C)nc(C)cc1=O. The van der Waals surface area contributed by atoms with Crippen LogP contribution in [0.2, 0.25) is 0 Å². The molecular weight excluding hydrogens is 234 g/mol. The second-order valence-electron chi connectivity index (χ2n) is 4.24. The second-order valence-corrected chi connectivity index (χ2v) is 4.24. The molecule has 1 rings (SSSR count). The van der Waals surface area contributed by atoms with Crippen LogP contribution < -0.4 is 10.9 Å². The van der Waals surface area contributed by atoms with E-state index in [2.05, 4.69) is 10.3 Å². The van der Waals surface area contributed by atoms with Gasteiger partial charge < -0.3 is 15.2 Å². The number of hydrogen-bond donors (Lipinski definition) is 2. The van der Waals surface area contributed by atoms with Crippen molar-refractivity contribution in [2.45, 2.75) is 26.5 Å². The van der Waals surface area contributed by atoms with Gasteiger partial charge in [-0.3, -0.25) is 9.36 Å². The van der Waals surface area contributed by atoms with Crippen LogP contribution in [0, 0.1) is 13.8 Å². The molecule has 2 N–H and O–H groups in total. The summed E-state index contributed by atoms with van der Waals surface area (Å²) in [6.45, 7) is 5.48. The molecule has 0 aromatic carbocycles. The quantitative estimate of drug-likeness (QED) is 0.640. The van der Waals surface area contributed by atoms with Crippen LogP contribution in [0.4, 0.5) is 0 Å². The minimum absolute atomic E-state index is 0.129. The van der Waals surface area contributed by atoms with Gasteiger partial charge in [0.15, 0.2) is 0 Å². The zero-order chi connectivity index (χ0) is 13.5. The van der Waals surface area contributed by atoms with Crippen LogP contribution in [0.5, 0.6) is 0 Å². The average Bonchev–Trinajstić information content (AvgIpc) is 2.29. The highest BCUT2D eigenvalue weighted by Gasteiger charge is 2.09. The number of methoxy groups -OCH3 is 1. The van der Waals surface area contributed by atoms with Crippen molar-refractivity contribution in [2.24, 2.45) is 0 Å². The molecule has 0 aliphatic rings. The molecule has 0 bridgehead atoms. The lowest BCUT2D eigenvalue weighted by Crippen LogP contribution is -2.36. The van der Waals surface area contributed by atoms with E-state index in [9.17, 15) is 9.90 Å². The standard InChI is InChI=1S/C12H21N3O3/c1-9-6-12(17)15(10(2)14-9)8-11(16)7-13-4-5-18-3/h6,11,13,16H,4-5,7-8H2,1-3H3. The molecule has 0 radical (unpaired) electrons. The van der Waals surface area contributed by atoms with Crippen LogP contribution >= 0.6 is 0 Å². The van der Waals surface area contributed by atoms with Crippen molar-refractivity contribution in [3.63, 3.8) is 0 Å². The molecule has 1 unspecified atom stereocenters. The van der Waals surface area contributed by atoms with E-state index in [0.29, 0.717) is 31.2 Å². The van der Waals surface area contributed by atoms with Gasteiger partial charge in [0.25, 0.3) is 5.56 Å². The molecule has 0 aliphatic heterocycles. The van der Waals surface area contributed by atoms with E-state index in [0.717, 1.165) is 0 Å². The lowest BCUT2D eigenvalue weighted by atomic mass is 10.3.